The molecule has 0 unspecified atom stereocenters. The second kappa shape index (κ2) is 2.90. The molecule has 0 spiro atoms. The smallest absolute Gasteiger partial charge is 0.464 e. The van der Waals surface area contributed by atoms with Crippen LogP contribution in [0.5, 0.6) is 0 Å². The Labute approximate surface area is 75.8 Å². The topological polar surface area (TPSA) is 53.6 Å². The highest BCUT2D eigenvalue weighted by Crippen LogP contribution is 2.18. The average Bonchev–Trinajstić information content (AvgIpc) is 2.47. The molecule has 0 atom stereocenters. The van der Waals surface area contributed by atoms with Crippen molar-refractivity contribution in [2.24, 2.45) is 0 Å². The van der Waals surface area contributed by atoms with Crippen molar-refractivity contribution in [1.29, 1.82) is 0 Å². The second-order valence-electron chi connectivity index (χ2n) is 3.05. The van der Waals surface area contributed by atoms with E-state index in [0.29, 0.717) is 5.46 Å². The Hall–Kier alpha value is -1.26. The number of furan rings is 1. The predicted octanol–water partition coefficient (Wildman–Crippen LogP) is 0.421. The molecule has 3 nitrogen and oxygen atoms in total. The Morgan fingerprint density at radius 2 is 2.08 bits per heavy atom. The van der Waals surface area contributed by atoms with Crippen molar-refractivity contribution < 1.29 is 14.5 Å². The van der Waals surface area contributed by atoms with Crippen LogP contribution in [0.2, 0.25) is 0 Å². The largest absolute Gasteiger partial charge is 0.488 e. The molecule has 2 N–H and O–H groups in total. The SMILES string of the molecule is Cc1coc2ccc(B(O)O)cc12. The van der Waals surface area contributed by atoms with Crippen molar-refractivity contribution in [1.82, 2.24) is 0 Å². The van der Waals surface area contributed by atoms with Crippen LogP contribution < -0.4 is 5.46 Å². The summed E-state index contributed by atoms with van der Waals surface area (Å²) in [6.45, 7) is 1.92. The number of rotatable bonds is 1. The van der Waals surface area contributed by atoms with Crippen LogP contribution in [0.3, 0.4) is 0 Å². The Morgan fingerprint density at radius 3 is 2.77 bits per heavy atom. The number of hydrogen-bond donors (Lipinski definition) is 2. The van der Waals surface area contributed by atoms with E-state index >= 15 is 0 Å². The average molecular weight is 176 g/mol. The molecule has 0 amide bonds. The molecular formula is C9H9BO3. The van der Waals surface area contributed by atoms with Gasteiger partial charge in [0.05, 0.1) is 6.26 Å². The molecule has 66 valence electrons. The zero-order valence-corrected chi connectivity index (χ0v) is 7.19. The van der Waals surface area contributed by atoms with Crippen molar-refractivity contribution >= 4 is 23.6 Å². The highest BCUT2D eigenvalue weighted by Gasteiger charge is 2.12. The van der Waals surface area contributed by atoms with E-state index in [0.717, 1.165) is 16.5 Å². The number of aryl methyl sites for hydroxylation is 1. The monoisotopic (exact) mass is 176 g/mol. The van der Waals surface area contributed by atoms with Crippen LogP contribution >= 0.6 is 0 Å². The summed E-state index contributed by atoms with van der Waals surface area (Å²) in [5.74, 6) is 0. The first-order chi connectivity index (χ1) is 6.18. The van der Waals surface area contributed by atoms with Crippen molar-refractivity contribution in [3.63, 3.8) is 0 Å². The first-order valence-corrected chi connectivity index (χ1v) is 4.02. The molecule has 2 aromatic rings. The third-order valence-corrected chi connectivity index (χ3v) is 2.09. The standard InChI is InChI=1S/C9H9BO3/c1-6-5-13-9-3-2-7(10(11)12)4-8(6)9/h2-5,11-12H,1H3. The van der Waals surface area contributed by atoms with Crippen molar-refractivity contribution in [3.8, 4) is 0 Å². The predicted molar refractivity (Wildman–Crippen MR) is 50.8 cm³/mol. The summed E-state index contributed by atoms with van der Waals surface area (Å²) in [5.41, 5.74) is 2.25. The van der Waals surface area contributed by atoms with Gasteiger partial charge >= 0.3 is 7.12 Å². The fraction of sp³-hybridized carbons (Fsp3) is 0.111. The van der Waals surface area contributed by atoms with Crippen LogP contribution in [0.1, 0.15) is 5.56 Å². The van der Waals surface area contributed by atoms with Crippen LogP contribution in [0.4, 0.5) is 0 Å². The Morgan fingerprint density at radius 1 is 1.31 bits per heavy atom. The number of hydrogen-bond acceptors (Lipinski definition) is 3. The zero-order valence-electron chi connectivity index (χ0n) is 7.19. The lowest BCUT2D eigenvalue weighted by Crippen LogP contribution is -2.29. The molecule has 0 aliphatic heterocycles. The summed E-state index contributed by atoms with van der Waals surface area (Å²) in [4.78, 5) is 0. The fourth-order valence-corrected chi connectivity index (χ4v) is 1.33. The van der Waals surface area contributed by atoms with Gasteiger partial charge in [-0.2, -0.15) is 0 Å². The van der Waals surface area contributed by atoms with Crippen LogP contribution in [-0.4, -0.2) is 17.2 Å². The van der Waals surface area contributed by atoms with E-state index < -0.39 is 7.12 Å². The van der Waals surface area contributed by atoms with E-state index in [9.17, 15) is 0 Å². The summed E-state index contributed by atoms with van der Waals surface area (Å²) in [6, 6.07) is 5.09. The van der Waals surface area contributed by atoms with Gasteiger partial charge in [-0.1, -0.05) is 12.1 Å². The van der Waals surface area contributed by atoms with E-state index in [1.165, 1.54) is 0 Å². The van der Waals surface area contributed by atoms with Gasteiger partial charge in [-0.25, -0.2) is 0 Å². The Kier molecular flexibility index (Phi) is 1.86. The quantitative estimate of drug-likeness (QED) is 0.619. The maximum Gasteiger partial charge on any atom is 0.488 e. The zero-order chi connectivity index (χ0) is 9.42. The van der Waals surface area contributed by atoms with Crippen LogP contribution in [0.25, 0.3) is 11.0 Å². The van der Waals surface area contributed by atoms with Gasteiger partial charge in [-0.3, -0.25) is 0 Å². The lowest BCUT2D eigenvalue weighted by atomic mass is 9.80. The lowest BCUT2D eigenvalue weighted by molar-refractivity contribution is 0.426. The summed E-state index contributed by atoms with van der Waals surface area (Å²) >= 11 is 0. The van der Waals surface area contributed by atoms with Gasteiger partial charge in [0.15, 0.2) is 0 Å². The van der Waals surface area contributed by atoms with Gasteiger partial charge in [0.2, 0.25) is 0 Å². The minimum atomic E-state index is -1.42. The molecule has 1 aromatic carbocycles. The van der Waals surface area contributed by atoms with Gasteiger partial charge in [-0.15, -0.1) is 0 Å². The van der Waals surface area contributed by atoms with Crippen LogP contribution in [0, 0.1) is 6.92 Å². The van der Waals surface area contributed by atoms with E-state index in [1.54, 1.807) is 24.5 Å². The molecule has 0 aliphatic rings. The number of benzene rings is 1. The maximum atomic E-state index is 8.94. The van der Waals surface area contributed by atoms with Crippen LogP contribution in [-0.2, 0) is 0 Å². The summed E-state index contributed by atoms with van der Waals surface area (Å²) in [6.07, 6.45) is 1.65. The molecule has 0 aliphatic carbocycles. The van der Waals surface area contributed by atoms with Crippen molar-refractivity contribution in [3.05, 3.63) is 30.0 Å². The molecule has 4 heteroatoms. The highest BCUT2D eigenvalue weighted by molar-refractivity contribution is 6.58. The summed E-state index contributed by atoms with van der Waals surface area (Å²) in [5, 5.41) is 18.8. The molecule has 0 bridgehead atoms. The molecule has 0 radical (unpaired) electrons. The molecule has 0 fully saturated rings. The molecule has 0 saturated carbocycles. The van der Waals surface area contributed by atoms with E-state index in [4.69, 9.17) is 14.5 Å². The Bertz CT molecular complexity index is 433. The van der Waals surface area contributed by atoms with Crippen LogP contribution in [0.15, 0.2) is 28.9 Å². The fourth-order valence-electron chi connectivity index (χ4n) is 1.33. The van der Waals surface area contributed by atoms with E-state index in [-0.39, 0.29) is 0 Å². The molecule has 2 rings (SSSR count). The van der Waals surface area contributed by atoms with Gasteiger partial charge in [0.1, 0.15) is 5.58 Å². The van der Waals surface area contributed by atoms with Gasteiger partial charge in [0, 0.05) is 5.39 Å². The third kappa shape index (κ3) is 1.34. The van der Waals surface area contributed by atoms with Gasteiger partial charge < -0.3 is 14.5 Å². The molecule has 0 saturated heterocycles. The first kappa shape index (κ1) is 8.35. The maximum absolute atomic E-state index is 8.94. The summed E-state index contributed by atoms with van der Waals surface area (Å²) < 4.78 is 5.22. The third-order valence-electron chi connectivity index (χ3n) is 2.09. The first-order valence-electron chi connectivity index (χ1n) is 4.02. The Balaban J connectivity index is 2.66. The summed E-state index contributed by atoms with van der Waals surface area (Å²) in [7, 11) is -1.42. The lowest BCUT2D eigenvalue weighted by Gasteiger charge is -1.98. The minimum absolute atomic E-state index is 0.483. The van der Waals surface area contributed by atoms with Gasteiger partial charge in [0.25, 0.3) is 0 Å². The van der Waals surface area contributed by atoms with E-state index in [2.05, 4.69) is 0 Å². The molecular weight excluding hydrogens is 167 g/mol. The van der Waals surface area contributed by atoms with E-state index in [1.807, 2.05) is 6.92 Å². The second-order valence-corrected chi connectivity index (χ2v) is 3.05. The van der Waals surface area contributed by atoms with Crippen molar-refractivity contribution in [2.75, 3.05) is 0 Å². The normalized spacial score (nSPS) is 10.7. The molecule has 13 heavy (non-hydrogen) atoms. The number of fused-ring (bicyclic) bond motifs is 1. The van der Waals surface area contributed by atoms with Crippen molar-refractivity contribution in [2.45, 2.75) is 6.92 Å². The minimum Gasteiger partial charge on any atom is -0.464 e. The molecule has 1 aromatic heterocycles. The van der Waals surface area contributed by atoms with Gasteiger partial charge in [-0.05, 0) is 24.0 Å². The highest BCUT2D eigenvalue weighted by atomic mass is 16.4. The molecule has 1 heterocycles.